The van der Waals surface area contributed by atoms with Crippen molar-refractivity contribution in [2.75, 3.05) is 38.3 Å². The van der Waals surface area contributed by atoms with Crippen molar-refractivity contribution >= 4 is 50.7 Å². The van der Waals surface area contributed by atoms with Gasteiger partial charge in [-0.05, 0) is 36.2 Å². The van der Waals surface area contributed by atoms with E-state index in [4.69, 9.17) is 16.3 Å². The largest absolute Gasteiger partial charge is 0.378 e. The van der Waals surface area contributed by atoms with Gasteiger partial charge in [-0.2, -0.15) is 0 Å². The topological polar surface area (TPSA) is 66.0 Å². The Bertz CT molecular complexity index is 1330. The average Bonchev–Trinajstić information content (AvgIpc) is 3.36. The molecule has 7 nitrogen and oxygen atoms in total. The van der Waals surface area contributed by atoms with E-state index in [-0.39, 0.29) is 11.8 Å². The molecular weight excluding hydrogens is 496 g/mol. The van der Waals surface area contributed by atoms with Gasteiger partial charge in [0.15, 0.2) is 0 Å². The van der Waals surface area contributed by atoms with Gasteiger partial charge in [-0.25, -0.2) is 0 Å². The number of ether oxygens (including phenoxy) is 1. The molecule has 3 fully saturated rings. The second-order valence-corrected chi connectivity index (χ2v) is 11.5. The van der Waals surface area contributed by atoms with E-state index in [2.05, 4.69) is 47.0 Å². The highest BCUT2D eigenvalue weighted by Gasteiger charge is 2.39. The summed E-state index contributed by atoms with van der Waals surface area (Å²) in [4.78, 5) is 36.2. The number of likely N-dealkylation sites (tertiary alicyclic amines) is 2. The molecule has 0 radical (unpaired) electrons. The molecule has 2 aromatic heterocycles. The van der Waals surface area contributed by atoms with Crippen LogP contribution in [0.4, 0.5) is 5.69 Å². The molecule has 0 saturated carbocycles. The molecule has 6 rings (SSSR count). The molecule has 3 aromatic rings. The third-order valence-corrected chi connectivity index (χ3v) is 9.04. The van der Waals surface area contributed by atoms with E-state index in [0.29, 0.717) is 31.5 Å². The SMILES string of the molecule is CCc1cc(Cl)cc(-c2ccnc3cc(CN4C(=O)CCC4=O)sc23)c1N(C)C1CN(C2COC2)C1. The fourth-order valence-corrected chi connectivity index (χ4v) is 6.80. The number of rotatable bonds is 7. The number of carbonyl (C=O) groups excluding carboxylic acids is 2. The quantitative estimate of drug-likeness (QED) is 0.428. The molecule has 3 saturated heterocycles. The maximum atomic E-state index is 12.2. The number of fused-ring (bicyclic) bond motifs is 1. The Morgan fingerprint density at radius 1 is 1.14 bits per heavy atom. The first-order chi connectivity index (χ1) is 17.4. The number of hydrogen-bond donors (Lipinski definition) is 0. The molecule has 3 aliphatic rings. The van der Waals surface area contributed by atoms with Gasteiger partial charge in [-0.15, -0.1) is 11.3 Å². The lowest BCUT2D eigenvalue weighted by molar-refractivity contribution is -0.138. The summed E-state index contributed by atoms with van der Waals surface area (Å²) < 4.78 is 6.43. The van der Waals surface area contributed by atoms with Crippen LogP contribution in [0, 0.1) is 0 Å². The molecular formula is C27H29ClN4O3S. The minimum Gasteiger partial charge on any atom is -0.378 e. The highest BCUT2D eigenvalue weighted by molar-refractivity contribution is 7.19. The molecule has 3 aliphatic heterocycles. The molecule has 0 spiro atoms. The summed E-state index contributed by atoms with van der Waals surface area (Å²) in [6, 6.07) is 9.18. The highest BCUT2D eigenvalue weighted by atomic mass is 35.5. The molecule has 188 valence electrons. The molecule has 2 amide bonds. The van der Waals surface area contributed by atoms with Crippen molar-refractivity contribution < 1.29 is 14.3 Å². The zero-order valence-electron chi connectivity index (χ0n) is 20.5. The number of aryl methyl sites for hydroxylation is 1. The van der Waals surface area contributed by atoms with E-state index in [9.17, 15) is 9.59 Å². The van der Waals surface area contributed by atoms with Crippen molar-refractivity contribution in [2.24, 2.45) is 0 Å². The van der Waals surface area contributed by atoms with Crippen molar-refractivity contribution in [2.45, 2.75) is 44.8 Å². The Labute approximate surface area is 219 Å². The number of likely N-dealkylation sites (N-methyl/N-ethyl adjacent to an activating group) is 1. The minimum absolute atomic E-state index is 0.0972. The van der Waals surface area contributed by atoms with E-state index in [1.165, 1.54) is 16.2 Å². The van der Waals surface area contributed by atoms with Crippen molar-refractivity contribution in [1.82, 2.24) is 14.8 Å². The van der Waals surface area contributed by atoms with Crippen LogP contribution in [-0.4, -0.2) is 72.0 Å². The maximum absolute atomic E-state index is 12.2. The Morgan fingerprint density at radius 2 is 1.89 bits per heavy atom. The number of carbonyl (C=O) groups is 2. The van der Waals surface area contributed by atoms with Gasteiger partial charge in [0.2, 0.25) is 11.8 Å². The third-order valence-electron chi connectivity index (χ3n) is 7.68. The van der Waals surface area contributed by atoms with Crippen LogP contribution in [0.25, 0.3) is 21.3 Å². The minimum atomic E-state index is -0.0972. The van der Waals surface area contributed by atoms with E-state index in [0.717, 1.165) is 64.0 Å². The predicted octanol–water partition coefficient (Wildman–Crippen LogP) is 4.35. The maximum Gasteiger partial charge on any atom is 0.230 e. The second-order valence-electron chi connectivity index (χ2n) is 9.88. The summed E-state index contributed by atoms with van der Waals surface area (Å²) in [7, 11) is 2.19. The van der Waals surface area contributed by atoms with Gasteiger partial charge >= 0.3 is 0 Å². The number of amides is 2. The van der Waals surface area contributed by atoms with E-state index >= 15 is 0 Å². The fourth-order valence-electron chi connectivity index (χ4n) is 5.43. The van der Waals surface area contributed by atoms with Gasteiger partial charge < -0.3 is 9.64 Å². The van der Waals surface area contributed by atoms with Crippen LogP contribution in [0.5, 0.6) is 0 Å². The summed E-state index contributed by atoms with van der Waals surface area (Å²) in [5.41, 5.74) is 5.49. The zero-order chi connectivity index (χ0) is 25.0. The number of pyridine rings is 1. The molecule has 0 aliphatic carbocycles. The van der Waals surface area contributed by atoms with Crippen LogP contribution < -0.4 is 4.90 Å². The van der Waals surface area contributed by atoms with Gasteiger partial charge in [-0.1, -0.05) is 18.5 Å². The number of benzene rings is 1. The van der Waals surface area contributed by atoms with Crippen LogP contribution >= 0.6 is 22.9 Å². The summed E-state index contributed by atoms with van der Waals surface area (Å²) in [5.74, 6) is -0.194. The normalized spacial score (nSPS) is 19.2. The number of anilines is 1. The summed E-state index contributed by atoms with van der Waals surface area (Å²) in [6.07, 6.45) is 3.32. The Kier molecular flexibility index (Phi) is 6.24. The molecule has 36 heavy (non-hydrogen) atoms. The monoisotopic (exact) mass is 524 g/mol. The number of imide groups is 1. The van der Waals surface area contributed by atoms with Crippen LogP contribution in [0.3, 0.4) is 0 Å². The van der Waals surface area contributed by atoms with E-state index < -0.39 is 0 Å². The van der Waals surface area contributed by atoms with Crippen LogP contribution in [-0.2, 0) is 27.3 Å². The molecule has 0 atom stereocenters. The van der Waals surface area contributed by atoms with E-state index in [1.54, 1.807) is 11.3 Å². The molecule has 0 unspecified atom stereocenters. The molecule has 1 aromatic carbocycles. The van der Waals surface area contributed by atoms with Crippen molar-refractivity contribution in [1.29, 1.82) is 0 Å². The third kappa shape index (κ3) is 4.10. The lowest BCUT2D eigenvalue weighted by Gasteiger charge is -2.51. The number of nitrogens with zero attached hydrogens (tertiary/aromatic N) is 4. The van der Waals surface area contributed by atoms with Gasteiger partial charge in [-0.3, -0.25) is 24.4 Å². The van der Waals surface area contributed by atoms with Crippen molar-refractivity contribution in [3.05, 3.63) is 45.9 Å². The molecule has 5 heterocycles. The molecule has 0 N–H and O–H groups in total. The highest BCUT2D eigenvalue weighted by Crippen LogP contribution is 2.43. The van der Waals surface area contributed by atoms with Gasteiger partial charge in [0.1, 0.15) is 0 Å². The number of aromatic nitrogens is 1. The summed E-state index contributed by atoms with van der Waals surface area (Å²) in [6.45, 7) is 6.22. The van der Waals surface area contributed by atoms with E-state index in [1.807, 2.05) is 12.3 Å². The Morgan fingerprint density at radius 3 is 2.56 bits per heavy atom. The van der Waals surface area contributed by atoms with Gasteiger partial charge in [0.05, 0.1) is 42.1 Å². The predicted molar refractivity (Wildman–Crippen MR) is 143 cm³/mol. The lowest BCUT2D eigenvalue weighted by atomic mass is 9.95. The smallest absolute Gasteiger partial charge is 0.230 e. The van der Waals surface area contributed by atoms with Crippen molar-refractivity contribution in [3.63, 3.8) is 0 Å². The first-order valence-electron chi connectivity index (χ1n) is 12.5. The number of thiophene rings is 1. The van der Waals surface area contributed by atoms with Crippen LogP contribution in [0.2, 0.25) is 5.02 Å². The Balaban J connectivity index is 1.37. The average molecular weight is 525 g/mol. The van der Waals surface area contributed by atoms with Crippen molar-refractivity contribution in [3.8, 4) is 11.1 Å². The van der Waals surface area contributed by atoms with Crippen LogP contribution in [0.15, 0.2) is 30.5 Å². The standard InChI is InChI=1S/C27H29ClN4O3S/c1-3-16-8-17(28)9-22(26(16)30(2)18-11-31(12-18)19-14-35-15-19)21-6-7-29-23-10-20(36-27(21)23)13-32-24(33)4-5-25(32)34/h6-10,18-19H,3-5,11-15H2,1-2H3. The van der Waals surface area contributed by atoms with Gasteiger partial charge in [0.25, 0.3) is 0 Å². The molecule has 0 bridgehead atoms. The summed E-state index contributed by atoms with van der Waals surface area (Å²) >= 11 is 8.24. The first-order valence-corrected chi connectivity index (χ1v) is 13.7. The van der Waals surface area contributed by atoms with Crippen LogP contribution in [0.1, 0.15) is 30.2 Å². The fraction of sp³-hybridized carbons (Fsp3) is 0.444. The second kappa shape index (κ2) is 9.41. The number of halogens is 1. The molecule has 9 heteroatoms. The number of hydrogen-bond acceptors (Lipinski definition) is 7. The van der Waals surface area contributed by atoms with Gasteiger partial charge in [0, 0.05) is 65.9 Å². The zero-order valence-corrected chi connectivity index (χ0v) is 22.1. The summed E-state index contributed by atoms with van der Waals surface area (Å²) in [5, 5.41) is 0.718. The Hall–Kier alpha value is -2.52. The lowest BCUT2D eigenvalue weighted by Crippen LogP contribution is -2.65. The first kappa shape index (κ1) is 23.9.